The van der Waals surface area contributed by atoms with Gasteiger partial charge in [-0.2, -0.15) is 0 Å². The van der Waals surface area contributed by atoms with Crippen LogP contribution in [0.4, 0.5) is 0 Å². The zero-order chi connectivity index (χ0) is 4.28. The smallest absolute Gasteiger partial charge is 0.217 e. The molecule has 0 saturated carbocycles. The average molecular weight is 91.5 g/mol. The Balaban J connectivity index is 2.83. The van der Waals surface area contributed by atoms with Crippen molar-refractivity contribution in [2.45, 2.75) is 12.3 Å². The molecule has 2 heteroatoms. The predicted molar refractivity (Wildman–Crippen MR) is 21.0 cm³/mol. The lowest BCUT2D eigenvalue weighted by atomic mass is 10.6. The van der Waals surface area contributed by atoms with Crippen LogP contribution in [0.1, 0.15) is 6.92 Å². The van der Waals surface area contributed by atoms with Crippen molar-refractivity contribution in [1.29, 1.82) is 0 Å². The number of rotatable bonds is 1. The molecular formula is C3H4ClO. The van der Waals surface area contributed by atoms with Crippen molar-refractivity contribution in [1.82, 2.24) is 0 Å². The van der Waals surface area contributed by atoms with E-state index in [9.17, 15) is 4.79 Å². The largest absolute Gasteiger partial charge is 0.289 e. The molecule has 0 aliphatic heterocycles. The number of carbonyl (C=O) groups excluding carboxylic acids is 1. The summed E-state index contributed by atoms with van der Waals surface area (Å²) in [6.07, 6.45) is 1.54. The van der Waals surface area contributed by atoms with Gasteiger partial charge in [0.25, 0.3) is 0 Å². The van der Waals surface area contributed by atoms with Gasteiger partial charge >= 0.3 is 0 Å². The van der Waals surface area contributed by atoms with Gasteiger partial charge in [-0.05, 0) is 6.92 Å². The van der Waals surface area contributed by atoms with E-state index in [0.717, 1.165) is 0 Å². The van der Waals surface area contributed by atoms with Crippen molar-refractivity contribution in [3.63, 3.8) is 0 Å². The summed E-state index contributed by atoms with van der Waals surface area (Å²) in [7, 11) is 0. The van der Waals surface area contributed by atoms with E-state index >= 15 is 0 Å². The molecule has 0 unspecified atom stereocenters. The minimum Gasteiger partial charge on any atom is -0.289 e. The summed E-state index contributed by atoms with van der Waals surface area (Å²) in [6.45, 7) is 1.56. The van der Waals surface area contributed by atoms with E-state index < -0.39 is 5.38 Å². The standard InChI is InChI=1S/C3H4ClO/c1-3(4)2-5/h3H,1H3/t3-/m0/s1. The average Bonchev–Trinajstić information content (AvgIpc) is 1.38. The van der Waals surface area contributed by atoms with Crippen LogP contribution in [0.3, 0.4) is 0 Å². The first-order valence-corrected chi connectivity index (χ1v) is 1.72. The third kappa shape index (κ3) is 3.96. The molecule has 0 saturated heterocycles. The molecule has 0 N–H and O–H groups in total. The lowest BCUT2D eigenvalue weighted by molar-refractivity contribution is 0.554. The first-order valence-electron chi connectivity index (χ1n) is 1.29. The van der Waals surface area contributed by atoms with E-state index in [4.69, 9.17) is 11.6 Å². The summed E-state index contributed by atoms with van der Waals surface area (Å²) in [6, 6.07) is 0. The van der Waals surface area contributed by atoms with Gasteiger partial charge in [-0.1, -0.05) is 0 Å². The normalized spacial score (nSPS) is 14.0. The van der Waals surface area contributed by atoms with E-state index in [1.54, 1.807) is 13.2 Å². The first-order chi connectivity index (χ1) is 2.27. The van der Waals surface area contributed by atoms with Crippen molar-refractivity contribution in [3.8, 4) is 0 Å². The van der Waals surface area contributed by atoms with E-state index in [1.807, 2.05) is 0 Å². The SMILES string of the molecule is C[C@H](Cl)[C]=O. The Bertz CT molecular complexity index is 33.9. The molecule has 1 nitrogen and oxygen atoms in total. The second-order valence-electron chi connectivity index (χ2n) is 0.734. The van der Waals surface area contributed by atoms with Gasteiger partial charge in [0.15, 0.2) is 0 Å². The maximum Gasteiger partial charge on any atom is 0.217 e. The molecule has 0 aromatic carbocycles. The summed E-state index contributed by atoms with van der Waals surface area (Å²) >= 11 is 5.04. The van der Waals surface area contributed by atoms with Crippen LogP contribution in [0.5, 0.6) is 0 Å². The quantitative estimate of drug-likeness (QED) is 0.435. The van der Waals surface area contributed by atoms with Crippen LogP contribution in [0.2, 0.25) is 0 Å². The molecule has 0 aromatic heterocycles. The van der Waals surface area contributed by atoms with Gasteiger partial charge in [-0.3, -0.25) is 4.79 Å². The number of alkyl halides is 1. The highest BCUT2D eigenvalue weighted by atomic mass is 35.5. The van der Waals surface area contributed by atoms with Crippen LogP contribution in [0.15, 0.2) is 0 Å². The van der Waals surface area contributed by atoms with Crippen molar-refractivity contribution in [2.75, 3.05) is 0 Å². The van der Waals surface area contributed by atoms with Crippen molar-refractivity contribution < 1.29 is 4.79 Å². The van der Waals surface area contributed by atoms with Gasteiger partial charge in [0.2, 0.25) is 6.29 Å². The van der Waals surface area contributed by atoms with Crippen LogP contribution in [-0.2, 0) is 4.79 Å². The van der Waals surface area contributed by atoms with E-state index in [0.29, 0.717) is 0 Å². The van der Waals surface area contributed by atoms with Crippen LogP contribution in [0.25, 0.3) is 0 Å². The number of halogens is 1. The lowest BCUT2D eigenvalue weighted by Crippen LogP contribution is -1.86. The maximum atomic E-state index is 9.25. The monoisotopic (exact) mass is 91.0 g/mol. The predicted octanol–water partition coefficient (Wildman–Crippen LogP) is 0.723. The summed E-state index contributed by atoms with van der Waals surface area (Å²) in [5, 5.41) is -0.449. The van der Waals surface area contributed by atoms with Gasteiger partial charge in [0, 0.05) is 0 Å². The number of hydrogen-bond donors (Lipinski definition) is 0. The molecular weight excluding hydrogens is 87.5 g/mol. The molecule has 5 heavy (non-hydrogen) atoms. The Hall–Kier alpha value is -0.0400. The highest BCUT2D eigenvalue weighted by Gasteiger charge is 1.85. The molecule has 0 aromatic rings. The molecule has 29 valence electrons. The van der Waals surface area contributed by atoms with Crippen molar-refractivity contribution >= 4 is 17.9 Å². The van der Waals surface area contributed by atoms with Gasteiger partial charge < -0.3 is 0 Å². The van der Waals surface area contributed by atoms with Crippen LogP contribution in [-0.4, -0.2) is 11.7 Å². The van der Waals surface area contributed by atoms with Gasteiger partial charge in [0.1, 0.15) is 0 Å². The Labute approximate surface area is 35.9 Å². The van der Waals surface area contributed by atoms with E-state index in [1.165, 1.54) is 0 Å². The van der Waals surface area contributed by atoms with E-state index in [-0.39, 0.29) is 0 Å². The third-order valence-corrected chi connectivity index (χ3v) is 0.251. The first kappa shape index (κ1) is 4.96. The zero-order valence-corrected chi connectivity index (χ0v) is 3.62. The molecule has 0 bridgehead atoms. The molecule has 0 aliphatic rings. The lowest BCUT2D eigenvalue weighted by Gasteiger charge is -1.73. The second-order valence-corrected chi connectivity index (χ2v) is 1.39. The Kier molecular flexibility index (Phi) is 2.19. The van der Waals surface area contributed by atoms with E-state index in [2.05, 4.69) is 0 Å². The molecule has 0 aliphatic carbocycles. The topological polar surface area (TPSA) is 17.1 Å². The fourth-order valence-electron chi connectivity index (χ4n) is 0. The molecule has 1 radical (unpaired) electrons. The van der Waals surface area contributed by atoms with Crippen molar-refractivity contribution in [2.24, 2.45) is 0 Å². The second kappa shape index (κ2) is 2.21. The molecule has 0 amide bonds. The van der Waals surface area contributed by atoms with Crippen LogP contribution in [0, 0.1) is 0 Å². The molecule has 0 rings (SSSR count). The summed E-state index contributed by atoms with van der Waals surface area (Å²) in [5.74, 6) is 0. The molecule has 0 heterocycles. The summed E-state index contributed by atoms with van der Waals surface area (Å²) < 4.78 is 0. The van der Waals surface area contributed by atoms with Gasteiger partial charge in [0.05, 0.1) is 5.38 Å². The molecule has 1 atom stereocenters. The highest BCUT2D eigenvalue weighted by Crippen LogP contribution is 1.82. The maximum absolute atomic E-state index is 9.25. The Morgan fingerprint density at radius 3 is 2.20 bits per heavy atom. The fourth-order valence-corrected chi connectivity index (χ4v) is 0. The minimum atomic E-state index is -0.449. The molecule has 0 fully saturated rings. The molecule has 0 spiro atoms. The third-order valence-electron chi connectivity index (χ3n) is 0.162. The highest BCUT2D eigenvalue weighted by molar-refractivity contribution is 6.27. The summed E-state index contributed by atoms with van der Waals surface area (Å²) in [5.41, 5.74) is 0. The number of hydrogen-bond acceptors (Lipinski definition) is 1. The zero-order valence-electron chi connectivity index (χ0n) is 2.86. The van der Waals surface area contributed by atoms with Crippen LogP contribution < -0.4 is 0 Å². The summed E-state index contributed by atoms with van der Waals surface area (Å²) in [4.78, 5) is 9.25. The van der Waals surface area contributed by atoms with Crippen LogP contribution >= 0.6 is 11.6 Å². The Morgan fingerprint density at radius 2 is 2.20 bits per heavy atom. The van der Waals surface area contributed by atoms with Gasteiger partial charge in [-0.25, -0.2) is 0 Å². The van der Waals surface area contributed by atoms with Gasteiger partial charge in [-0.15, -0.1) is 11.6 Å². The Morgan fingerprint density at radius 1 is 2.00 bits per heavy atom. The minimum absolute atomic E-state index is 0.449. The fraction of sp³-hybridized carbons (Fsp3) is 0.667. The van der Waals surface area contributed by atoms with Crippen molar-refractivity contribution in [3.05, 3.63) is 0 Å².